The molecule has 2 rings (SSSR count). The van der Waals surface area contributed by atoms with E-state index >= 15 is 0 Å². The van der Waals surface area contributed by atoms with Crippen molar-refractivity contribution in [3.63, 3.8) is 0 Å². The minimum Gasteiger partial charge on any atom is -0.341 e. The summed E-state index contributed by atoms with van der Waals surface area (Å²) in [5.41, 5.74) is 0. The molecule has 3 heteroatoms. The molecule has 1 aliphatic carbocycles. The summed E-state index contributed by atoms with van der Waals surface area (Å²) in [6, 6.07) is 0.738. The lowest BCUT2D eigenvalue weighted by Crippen LogP contribution is -2.52. The van der Waals surface area contributed by atoms with Crippen molar-refractivity contribution in [1.82, 2.24) is 10.2 Å². The minimum absolute atomic E-state index is 0.107. The fourth-order valence-corrected chi connectivity index (χ4v) is 2.37. The van der Waals surface area contributed by atoms with E-state index in [1.54, 1.807) is 0 Å². The van der Waals surface area contributed by atoms with Gasteiger partial charge in [-0.2, -0.15) is 0 Å². The second-order valence-corrected chi connectivity index (χ2v) is 6.14. The van der Waals surface area contributed by atoms with Crippen molar-refractivity contribution in [3.05, 3.63) is 0 Å². The van der Waals surface area contributed by atoms with Gasteiger partial charge in [0.05, 0.1) is 6.04 Å². The Morgan fingerprint density at radius 1 is 1.29 bits per heavy atom. The number of piperidine rings is 1. The first-order valence-electron chi connectivity index (χ1n) is 7.12. The van der Waals surface area contributed by atoms with Crippen molar-refractivity contribution in [2.45, 2.75) is 58.5 Å². The van der Waals surface area contributed by atoms with Gasteiger partial charge < -0.3 is 10.2 Å². The molecule has 98 valence electrons. The van der Waals surface area contributed by atoms with E-state index < -0.39 is 0 Å². The molecular weight excluding hydrogens is 212 g/mol. The Morgan fingerprint density at radius 2 is 2.00 bits per heavy atom. The van der Waals surface area contributed by atoms with Crippen molar-refractivity contribution >= 4 is 5.91 Å². The van der Waals surface area contributed by atoms with Crippen LogP contribution in [0.5, 0.6) is 0 Å². The minimum atomic E-state index is 0.107. The second-order valence-electron chi connectivity index (χ2n) is 6.14. The molecule has 0 aromatic carbocycles. The lowest BCUT2D eigenvalue weighted by molar-refractivity contribution is -0.136. The van der Waals surface area contributed by atoms with Gasteiger partial charge in [-0.05, 0) is 37.5 Å². The van der Waals surface area contributed by atoms with Crippen LogP contribution in [0.15, 0.2) is 0 Å². The normalized spacial score (nSPS) is 27.6. The molecule has 0 aromatic heterocycles. The molecule has 2 aliphatic rings. The molecule has 2 atom stereocenters. The number of nitrogens with zero attached hydrogens (tertiary/aromatic N) is 1. The van der Waals surface area contributed by atoms with Gasteiger partial charge in [0.1, 0.15) is 0 Å². The second kappa shape index (κ2) is 5.38. The molecule has 1 N–H and O–H groups in total. The van der Waals surface area contributed by atoms with Crippen LogP contribution < -0.4 is 5.32 Å². The Morgan fingerprint density at radius 3 is 2.59 bits per heavy atom. The smallest absolute Gasteiger partial charge is 0.239 e. The predicted octanol–water partition coefficient (Wildman–Crippen LogP) is 2.02. The maximum absolute atomic E-state index is 12.3. The first-order chi connectivity index (χ1) is 8.08. The standard InChI is InChI=1S/C14H26N2O/c1-10(2)11(3)9-16-8-4-5-13(14(16)17)15-12-6-7-12/h10-13,15H,4-9H2,1-3H3. The number of hydrogen-bond donors (Lipinski definition) is 1. The zero-order chi connectivity index (χ0) is 12.4. The summed E-state index contributed by atoms with van der Waals surface area (Å²) in [4.78, 5) is 14.4. The van der Waals surface area contributed by atoms with Crippen LogP contribution in [0.2, 0.25) is 0 Å². The number of amides is 1. The molecule has 0 radical (unpaired) electrons. The molecule has 1 amide bonds. The van der Waals surface area contributed by atoms with Crippen molar-refractivity contribution in [1.29, 1.82) is 0 Å². The molecule has 0 spiro atoms. The van der Waals surface area contributed by atoms with Crippen LogP contribution >= 0.6 is 0 Å². The summed E-state index contributed by atoms with van der Waals surface area (Å²) in [6.07, 6.45) is 4.70. The summed E-state index contributed by atoms with van der Waals surface area (Å²) in [5, 5.41) is 3.48. The quantitative estimate of drug-likeness (QED) is 0.795. The van der Waals surface area contributed by atoms with Gasteiger partial charge in [-0.25, -0.2) is 0 Å². The SMILES string of the molecule is CC(C)C(C)CN1CCCC(NC2CC2)C1=O. The van der Waals surface area contributed by atoms with Gasteiger partial charge in [0, 0.05) is 19.1 Å². The molecule has 0 bridgehead atoms. The molecule has 2 fully saturated rings. The first-order valence-corrected chi connectivity index (χ1v) is 7.12. The molecule has 0 aromatic rings. The van der Waals surface area contributed by atoms with E-state index in [2.05, 4.69) is 31.0 Å². The van der Waals surface area contributed by atoms with Gasteiger partial charge in [0.25, 0.3) is 0 Å². The van der Waals surface area contributed by atoms with E-state index in [-0.39, 0.29) is 6.04 Å². The van der Waals surface area contributed by atoms with Crippen molar-refractivity contribution in [2.24, 2.45) is 11.8 Å². The van der Waals surface area contributed by atoms with Crippen LogP contribution in [0.1, 0.15) is 46.5 Å². The zero-order valence-electron chi connectivity index (χ0n) is 11.4. The Kier molecular flexibility index (Phi) is 4.08. The summed E-state index contributed by atoms with van der Waals surface area (Å²) >= 11 is 0. The molecule has 2 unspecified atom stereocenters. The lowest BCUT2D eigenvalue weighted by Gasteiger charge is -2.35. The number of hydrogen-bond acceptors (Lipinski definition) is 2. The van der Waals surface area contributed by atoms with Gasteiger partial charge >= 0.3 is 0 Å². The third-order valence-corrected chi connectivity index (χ3v) is 4.19. The van der Waals surface area contributed by atoms with E-state index in [4.69, 9.17) is 0 Å². The average molecular weight is 238 g/mol. The highest BCUT2D eigenvalue weighted by Crippen LogP contribution is 2.23. The van der Waals surface area contributed by atoms with E-state index in [1.165, 1.54) is 12.8 Å². The van der Waals surface area contributed by atoms with Gasteiger partial charge in [-0.15, -0.1) is 0 Å². The Hall–Kier alpha value is -0.570. The maximum Gasteiger partial charge on any atom is 0.239 e. The maximum atomic E-state index is 12.3. The van der Waals surface area contributed by atoms with Gasteiger partial charge in [0.2, 0.25) is 5.91 Å². The van der Waals surface area contributed by atoms with Crippen LogP contribution in [-0.4, -0.2) is 36.0 Å². The van der Waals surface area contributed by atoms with Crippen LogP contribution in [-0.2, 0) is 4.79 Å². The summed E-state index contributed by atoms with van der Waals surface area (Å²) < 4.78 is 0. The molecule has 17 heavy (non-hydrogen) atoms. The number of likely N-dealkylation sites (tertiary alicyclic amines) is 1. The van der Waals surface area contributed by atoms with Crippen molar-refractivity contribution in [3.8, 4) is 0 Å². The van der Waals surface area contributed by atoms with E-state index in [9.17, 15) is 4.79 Å². The molecule has 1 aliphatic heterocycles. The van der Waals surface area contributed by atoms with Crippen molar-refractivity contribution in [2.75, 3.05) is 13.1 Å². The average Bonchev–Trinajstić information content (AvgIpc) is 3.07. The number of carbonyl (C=O) groups is 1. The highest BCUT2D eigenvalue weighted by molar-refractivity contribution is 5.82. The van der Waals surface area contributed by atoms with Crippen LogP contribution in [0, 0.1) is 11.8 Å². The van der Waals surface area contributed by atoms with Gasteiger partial charge in [-0.1, -0.05) is 20.8 Å². The number of nitrogens with one attached hydrogen (secondary N) is 1. The van der Waals surface area contributed by atoms with Gasteiger partial charge in [0.15, 0.2) is 0 Å². The Labute approximate surface area is 105 Å². The largest absolute Gasteiger partial charge is 0.341 e. The molecule has 3 nitrogen and oxygen atoms in total. The summed E-state index contributed by atoms with van der Waals surface area (Å²) in [6.45, 7) is 8.60. The lowest BCUT2D eigenvalue weighted by atomic mass is 9.95. The summed E-state index contributed by atoms with van der Waals surface area (Å²) in [5.74, 6) is 1.59. The fourth-order valence-electron chi connectivity index (χ4n) is 2.37. The van der Waals surface area contributed by atoms with Crippen molar-refractivity contribution < 1.29 is 4.79 Å². The number of carbonyl (C=O) groups excluding carboxylic acids is 1. The highest BCUT2D eigenvalue weighted by atomic mass is 16.2. The van der Waals surface area contributed by atoms with E-state index in [0.717, 1.165) is 25.9 Å². The Balaban J connectivity index is 1.86. The molecule has 1 saturated carbocycles. The fraction of sp³-hybridized carbons (Fsp3) is 0.929. The molecule has 1 heterocycles. The monoisotopic (exact) mass is 238 g/mol. The van der Waals surface area contributed by atoms with E-state index in [1.807, 2.05) is 0 Å². The third kappa shape index (κ3) is 3.44. The highest BCUT2D eigenvalue weighted by Gasteiger charge is 2.33. The molecular formula is C14H26N2O. The Bertz CT molecular complexity index is 273. The van der Waals surface area contributed by atoms with Crippen LogP contribution in [0.25, 0.3) is 0 Å². The third-order valence-electron chi connectivity index (χ3n) is 4.19. The van der Waals surface area contributed by atoms with Crippen LogP contribution in [0.3, 0.4) is 0 Å². The number of rotatable bonds is 5. The predicted molar refractivity (Wildman–Crippen MR) is 69.8 cm³/mol. The van der Waals surface area contributed by atoms with Gasteiger partial charge in [-0.3, -0.25) is 4.79 Å². The zero-order valence-corrected chi connectivity index (χ0v) is 11.4. The van der Waals surface area contributed by atoms with Crippen LogP contribution in [0.4, 0.5) is 0 Å². The summed E-state index contributed by atoms with van der Waals surface area (Å²) in [7, 11) is 0. The van der Waals surface area contributed by atoms with E-state index in [0.29, 0.717) is 23.8 Å². The molecule has 1 saturated heterocycles. The first kappa shape index (κ1) is 12.9. The topological polar surface area (TPSA) is 32.3 Å².